The molecule has 1 atom stereocenters. The molecule has 4 rings (SSSR count). The molecule has 1 aliphatic heterocycles. The van der Waals surface area contributed by atoms with Crippen molar-refractivity contribution in [2.24, 2.45) is 0 Å². The van der Waals surface area contributed by atoms with Crippen LogP contribution < -0.4 is 15.8 Å². The van der Waals surface area contributed by atoms with Gasteiger partial charge in [-0.2, -0.15) is 0 Å². The van der Waals surface area contributed by atoms with Gasteiger partial charge in [0, 0.05) is 49.6 Å². The predicted molar refractivity (Wildman–Crippen MR) is 120 cm³/mol. The topological polar surface area (TPSA) is 74.0 Å². The first-order chi connectivity index (χ1) is 15.1. The van der Waals surface area contributed by atoms with Gasteiger partial charge in [-0.1, -0.05) is 18.2 Å². The Kier molecular flexibility index (Phi) is 5.62. The molecule has 2 N–H and O–H groups in total. The number of pyridine rings is 2. The maximum absolute atomic E-state index is 13.6. The molecular formula is C24H25F2N3O3. The van der Waals surface area contributed by atoms with Gasteiger partial charge in [-0.05, 0) is 43.2 Å². The van der Waals surface area contributed by atoms with E-state index in [1.165, 1.54) is 12.1 Å². The molecule has 0 unspecified atom stereocenters. The van der Waals surface area contributed by atoms with E-state index >= 15 is 0 Å². The monoisotopic (exact) mass is 441 g/mol. The van der Waals surface area contributed by atoms with Gasteiger partial charge in [0.15, 0.2) is 0 Å². The minimum atomic E-state index is -2.67. The molecule has 168 valence electrons. The summed E-state index contributed by atoms with van der Waals surface area (Å²) in [6, 6.07) is 11.6. The van der Waals surface area contributed by atoms with Crippen LogP contribution in [0, 0.1) is 6.92 Å². The van der Waals surface area contributed by atoms with Crippen LogP contribution in [0.1, 0.15) is 47.3 Å². The standard InChI is InChI=1S/C24H25F2N3O3/c1-15-11-19(16(2)27-20-6-4-3-5-18(20)23(31)32)21-12-17(13-22(30)29(21)14-15)28-9-7-24(25,26)8-10-28/h3-6,11-14,16,27H,7-10H2,1-2H3,(H,31,32)/t16-/m0/s1. The van der Waals surface area contributed by atoms with Crippen LogP contribution in [0.25, 0.3) is 5.52 Å². The molecule has 6 nitrogen and oxygen atoms in total. The molecule has 0 aliphatic carbocycles. The second-order valence-corrected chi connectivity index (χ2v) is 8.34. The minimum absolute atomic E-state index is 0.156. The minimum Gasteiger partial charge on any atom is -0.478 e. The quantitative estimate of drug-likeness (QED) is 0.600. The number of aromatic nitrogens is 1. The van der Waals surface area contributed by atoms with Crippen molar-refractivity contribution in [3.05, 3.63) is 75.7 Å². The largest absolute Gasteiger partial charge is 0.478 e. The lowest BCUT2D eigenvalue weighted by atomic mass is 10.0. The van der Waals surface area contributed by atoms with Crippen molar-refractivity contribution in [2.75, 3.05) is 23.3 Å². The van der Waals surface area contributed by atoms with Crippen LogP contribution in [-0.4, -0.2) is 34.5 Å². The molecule has 1 fully saturated rings. The van der Waals surface area contributed by atoms with E-state index < -0.39 is 11.9 Å². The Morgan fingerprint density at radius 3 is 2.53 bits per heavy atom. The summed E-state index contributed by atoms with van der Waals surface area (Å²) in [6.07, 6.45) is 1.27. The van der Waals surface area contributed by atoms with Gasteiger partial charge in [0.2, 0.25) is 0 Å². The molecular weight excluding hydrogens is 416 g/mol. The van der Waals surface area contributed by atoms with Gasteiger partial charge < -0.3 is 15.3 Å². The summed E-state index contributed by atoms with van der Waals surface area (Å²) in [7, 11) is 0. The average Bonchev–Trinajstić information content (AvgIpc) is 2.74. The zero-order chi connectivity index (χ0) is 23.0. The van der Waals surface area contributed by atoms with E-state index in [0.717, 1.165) is 11.1 Å². The fourth-order valence-corrected chi connectivity index (χ4v) is 4.21. The number of halogens is 2. The molecule has 1 saturated heterocycles. The number of fused-ring (bicyclic) bond motifs is 1. The Labute approximate surface area is 184 Å². The third kappa shape index (κ3) is 4.30. The highest BCUT2D eigenvalue weighted by molar-refractivity contribution is 5.94. The lowest BCUT2D eigenvalue weighted by Gasteiger charge is -2.33. The van der Waals surface area contributed by atoms with Crippen molar-refractivity contribution < 1.29 is 18.7 Å². The van der Waals surface area contributed by atoms with E-state index in [4.69, 9.17) is 0 Å². The number of nitrogens with zero attached hydrogens (tertiary/aromatic N) is 2. The molecule has 0 radical (unpaired) electrons. The summed E-state index contributed by atoms with van der Waals surface area (Å²) in [5, 5.41) is 12.7. The molecule has 0 bridgehead atoms. The van der Waals surface area contributed by atoms with Gasteiger partial charge in [-0.25, -0.2) is 13.6 Å². The van der Waals surface area contributed by atoms with E-state index in [9.17, 15) is 23.5 Å². The second kappa shape index (κ2) is 8.26. The number of alkyl halides is 2. The summed E-state index contributed by atoms with van der Waals surface area (Å²) >= 11 is 0. The first-order valence-electron chi connectivity index (χ1n) is 10.5. The second-order valence-electron chi connectivity index (χ2n) is 8.34. The fourth-order valence-electron chi connectivity index (χ4n) is 4.21. The Bertz CT molecular complexity index is 1230. The number of carboxylic acid groups (broad SMARTS) is 1. The SMILES string of the molecule is Cc1cc([C@H](C)Nc2ccccc2C(=O)O)c2cc(N3CCC(F)(F)CC3)cc(=O)n2c1. The van der Waals surface area contributed by atoms with Gasteiger partial charge in [-0.3, -0.25) is 9.20 Å². The number of nitrogens with one attached hydrogen (secondary N) is 1. The molecule has 3 aromatic rings. The average molecular weight is 441 g/mol. The van der Waals surface area contributed by atoms with Gasteiger partial charge in [-0.15, -0.1) is 0 Å². The van der Waals surface area contributed by atoms with E-state index in [2.05, 4.69) is 5.32 Å². The van der Waals surface area contributed by atoms with E-state index in [1.807, 2.05) is 30.9 Å². The van der Waals surface area contributed by atoms with Crippen LogP contribution in [0.2, 0.25) is 0 Å². The van der Waals surface area contributed by atoms with Crippen molar-refractivity contribution >= 4 is 22.9 Å². The number of benzene rings is 1. The highest BCUT2D eigenvalue weighted by Crippen LogP contribution is 2.32. The first-order valence-corrected chi connectivity index (χ1v) is 10.5. The summed E-state index contributed by atoms with van der Waals surface area (Å²) < 4.78 is 28.7. The van der Waals surface area contributed by atoms with Gasteiger partial charge >= 0.3 is 5.97 Å². The highest BCUT2D eigenvalue weighted by atomic mass is 19.3. The Balaban J connectivity index is 1.75. The Morgan fingerprint density at radius 1 is 1.16 bits per heavy atom. The lowest BCUT2D eigenvalue weighted by molar-refractivity contribution is -0.0220. The van der Waals surface area contributed by atoms with E-state index in [1.54, 1.807) is 28.8 Å². The molecule has 0 saturated carbocycles. The van der Waals surface area contributed by atoms with Crippen molar-refractivity contribution in [2.45, 2.75) is 38.7 Å². The van der Waals surface area contributed by atoms with Gasteiger partial charge in [0.05, 0.1) is 17.1 Å². The van der Waals surface area contributed by atoms with Crippen molar-refractivity contribution in [3.8, 4) is 0 Å². The van der Waals surface area contributed by atoms with E-state index in [0.29, 0.717) is 16.9 Å². The summed E-state index contributed by atoms with van der Waals surface area (Å²) in [6.45, 7) is 4.15. The predicted octanol–water partition coefficient (Wildman–Crippen LogP) is 4.71. The lowest BCUT2D eigenvalue weighted by Crippen LogP contribution is -2.39. The maximum Gasteiger partial charge on any atom is 0.337 e. The van der Waals surface area contributed by atoms with Crippen LogP contribution in [0.5, 0.6) is 0 Å². The van der Waals surface area contributed by atoms with Crippen LogP contribution >= 0.6 is 0 Å². The smallest absolute Gasteiger partial charge is 0.337 e. The number of carboxylic acids is 1. The molecule has 3 heterocycles. The zero-order valence-electron chi connectivity index (χ0n) is 17.9. The third-order valence-corrected chi connectivity index (χ3v) is 5.92. The molecule has 1 aliphatic rings. The van der Waals surface area contributed by atoms with Crippen molar-refractivity contribution in [1.29, 1.82) is 0 Å². The van der Waals surface area contributed by atoms with Crippen molar-refractivity contribution in [1.82, 2.24) is 4.40 Å². The number of hydrogen-bond acceptors (Lipinski definition) is 4. The third-order valence-electron chi connectivity index (χ3n) is 5.92. The van der Waals surface area contributed by atoms with Crippen molar-refractivity contribution in [3.63, 3.8) is 0 Å². The summed E-state index contributed by atoms with van der Waals surface area (Å²) in [4.78, 5) is 26.3. The Hall–Kier alpha value is -3.42. The fraction of sp³-hybridized carbons (Fsp3) is 0.333. The molecule has 0 amide bonds. The maximum atomic E-state index is 13.6. The number of aryl methyl sites for hydroxylation is 1. The van der Waals surface area contributed by atoms with Crippen LogP contribution in [0.4, 0.5) is 20.2 Å². The molecule has 1 aromatic carbocycles. The summed E-state index contributed by atoms with van der Waals surface area (Å²) in [5.74, 6) is -3.70. The number of para-hydroxylation sites is 1. The normalized spacial score (nSPS) is 16.7. The number of rotatable bonds is 5. The molecule has 32 heavy (non-hydrogen) atoms. The zero-order valence-corrected chi connectivity index (χ0v) is 17.9. The number of piperidine rings is 1. The van der Waals surface area contributed by atoms with Crippen LogP contribution in [0.15, 0.2) is 53.5 Å². The molecule has 8 heteroatoms. The van der Waals surface area contributed by atoms with Crippen LogP contribution in [0.3, 0.4) is 0 Å². The number of aromatic carboxylic acids is 1. The molecule has 0 spiro atoms. The highest BCUT2D eigenvalue weighted by Gasteiger charge is 2.34. The Morgan fingerprint density at radius 2 is 1.84 bits per heavy atom. The van der Waals surface area contributed by atoms with Gasteiger partial charge in [0.1, 0.15) is 0 Å². The first kappa shape index (κ1) is 21.8. The molecule has 2 aromatic heterocycles. The van der Waals surface area contributed by atoms with Gasteiger partial charge in [0.25, 0.3) is 11.5 Å². The number of hydrogen-bond donors (Lipinski definition) is 2. The number of carbonyl (C=O) groups is 1. The van der Waals surface area contributed by atoms with E-state index in [-0.39, 0.29) is 43.1 Å². The number of anilines is 2. The van der Waals surface area contributed by atoms with Crippen LogP contribution in [-0.2, 0) is 0 Å². The summed E-state index contributed by atoms with van der Waals surface area (Å²) in [5.41, 5.74) is 3.36.